The van der Waals surface area contributed by atoms with Crippen LogP contribution in [0.2, 0.25) is 18.1 Å². The summed E-state index contributed by atoms with van der Waals surface area (Å²) in [4.78, 5) is 0.379. The Labute approximate surface area is 160 Å². The molecule has 0 spiro atoms. The Morgan fingerprint density at radius 1 is 1.23 bits per heavy atom. The average molecular weight is 399 g/mol. The molecule has 0 aliphatic carbocycles. The Morgan fingerprint density at radius 3 is 2.50 bits per heavy atom. The minimum atomic E-state index is -3.44. The first-order valence-corrected chi connectivity index (χ1v) is 13.8. The van der Waals surface area contributed by atoms with Gasteiger partial charge in [0, 0.05) is 32.3 Å². The van der Waals surface area contributed by atoms with E-state index in [4.69, 9.17) is 4.43 Å². The summed E-state index contributed by atoms with van der Waals surface area (Å²) in [7, 11) is -5.18. The van der Waals surface area contributed by atoms with Crippen LogP contribution in [0, 0.1) is 0 Å². The summed E-state index contributed by atoms with van der Waals surface area (Å²) in [6.07, 6.45) is 1.69. The normalized spacial score (nSPS) is 20.3. The highest BCUT2D eigenvalue weighted by Crippen LogP contribution is 2.36. The molecule has 1 aromatic rings. The number of hydrogen-bond donors (Lipinski definition) is 1. The lowest BCUT2D eigenvalue weighted by Crippen LogP contribution is -2.53. The third-order valence-electron chi connectivity index (χ3n) is 5.60. The fourth-order valence-electron chi connectivity index (χ4n) is 2.90. The molecule has 1 aliphatic heterocycles. The van der Waals surface area contributed by atoms with Gasteiger partial charge in [-0.3, -0.25) is 0 Å². The van der Waals surface area contributed by atoms with Gasteiger partial charge in [0.15, 0.2) is 8.32 Å². The average Bonchev–Trinajstić information content (AvgIpc) is 2.59. The minimum absolute atomic E-state index is 0.0167. The molecular formula is C19H34N2O3SSi. The standard InChI is InChI=1S/C19H34N2O3SSi/c1-19(2,3)26(4,5)24-15-9-10-17-16-20-13-14-21(17)25(22,23)18-11-7-6-8-12-18/h6-8,11-12,17,20H,9-10,13-16H2,1-5H3. The number of nitrogens with one attached hydrogen (secondary N) is 1. The van der Waals surface area contributed by atoms with E-state index in [2.05, 4.69) is 39.2 Å². The predicted molar refractivity (Wildman–Crippen MR) is 109 cm³/mol. The molecule has 1 aromatic carbocycles. The number of rotatable bonds is 7. The van der Waals surface area contributed by atoms with Gasteiger partial charge in [-0.2, -0.15) is 4.31 Å². The first-order valence-electron chi connectivity index (χ1n) is 9.47. The molecule has 1 fully saturated rings. The molecule has 0 radical (unpaired) electrons. The summed E-state index contributed by atoms with van der Waals surface area (Å²) in [5.74, 6) is 0. The maximum Gasteiger partial charge on any atom is 0.243 e. The summed E-state index contributed by atoms with van der Waals surface area (Å²) in [5.41, 5.74) is 0. The molecule has 0 bridgehead atoms. The summed E-state index contributed by atoms with van der Waals surface area (Å²) < 4.78 is 33.9. The topological polar surface area (TPSA) is 58.6 Å². The Bertz CT molecular complexity index is 672. The smallest absolute Gasteiger partial charge is 0.243 e. The largest absolute Gasteiger partial charge is 0.417 e. The zero-order valence-corrected chi connectivity index (χ0v) is 18.6. The molecule has 7 heteroatoms. The second kappa shape index (κ2) is 8.52. The highest BCUT2D eigenvalue weighted by Gasteiger charge is 2.37. The van der Waals surface area contributed by atoms with Crippen molar-refractivity contribution in [2.24, 2.45) is 0 Å². The fraction of sp³-hybridized carbons (Fsp3) is 0.684. The van der Waals surface area contributed by atoms with Gasteiger partial charge in [-0.1, -0.05) is 39.0 Å². The second-order valence-corrected chi connectivity index (χ2v) is 15.2. The van der Waals surface area contributed by atoms with E-state index in [0.29, 0.717) is 31.1 Å². The van der Waals surface area contributed by atoms with Crippen LogP contribution in [0.3, 0.4) is 0 Å². The maximum absolute atomic E-state index is 13.0. The van der Waals surface area contributed by atoms with Crippen molar-refractivity contribution in [3.8, 4) is 0 Å². The van der Waals surface area contributed by atoms with Gasteiger partial charge in [0.1, 0.15) is 0 Å². The highest BCUT2D eigenvalue weighted by atomic mass is 32.2. The van der Waals surface area contributed by atoms with Gasteiger partial charge >= 0.3 is 0 Å². The lowest BCUT2D eigenvalue weighted by molar-refractivity contribution is 0.224. The molecule has 1 atom stereocenters. The Hall–Kier alpha value is -0.733. The van der Waals surface area contributed by atoms with E-state index in [0.717, 1.165) is 12.8 Å². The van der Waals surface area contributed by atoms with Crippen molar-refractivity contribution >= 4 is 18.3 Å². The molecule has 26 heavy (non-hydrogen) atoms. The monoisotopic (exact) mass is 398 g/mol. The molecule has 0 aromatic heterocycles. The van der Waals surface area contributed by atoms with Gasteiger partial charge in [-0.05, 0) is 43.1 Å². The molecule has 1 N–H and O–H groups in total. The number of piperazine rings is 1. The Kier molecular flexibility index (Phi) is 7.07. The molecule has 1 heterocycles. The number of sulfonamides is 1. The number of benzene rings is 1. The lowest BCUT2D eigenvalue weighted by Gasteiger charge is -2.37. The van der Waals surface area contributed by atoms with E-state index in [9.17, 15) is 8.42 Å². The van der Waals surface area contributed by atoms with Crippen molar-refractivity contribution in [1.82, 2.24) is 9.62 Å². The molecule has 5 nitrogen and oxygen atoms in total. The highest BCUT2D eigenvalue weighted by molar-refractivity contribution is 7.89. The first kappa shape index (κ1) is 21.6. The minimum Gasteiger partial charge on any atom is -0.417 e. The van der Waals surface area contributed by atoms with Crippen LogP contribution in [0.25, 0.3) is 0 Å². The SMILES string of the molecule is CC(C)(C)[Si](C)(C)OCCCC1CNCCN1S(=O)(=O)c1ccccc1. The van der Waals surface area contributed by atoms with Crippen molar-refractivity contribution in [1.29, 1.82) is 0 Å². The molecule has 1 unspecified atom stereocenters. The predicted octanol–water partition coefficient (Wildman–Crippen LogP) is 3.45. The molecule has 2 rings (SSSR count). The first-order chi connectivity index (χ1) is 12.1. The summed E-state index contributed by atoms with van der Waals surface area (Å²) in [5, 5.41) is 3.53. The molecule has 1 aliphatic rings. The number of hydrogen-bond acceptors (Lipinski definition) is 4. The van der Waals surface area contributed by atoms with E-state index < -0.39 is 18.3 Å². The van der Waals surface area contributed by atoms with Crippen molar-refractivity contribution in [2.75, 3.05) is 26.2 Å². The van der Waals surface area contributed by atoms with E-state index in [-0.39, 0.29) is 11.1 Å². The molecule has 0 saturated carbocycles. The second-order valence-electron chi connectivity index (χ2n) is 8.54. The quantitative estimate of drug-likeness (QED) is 0.564. The lowest BCUT2D eigenvalue weighted by atomic mass is 10.1. The molecular weight excluding hydrogens is 364 g/mol. The van der Waals surface area contributed by atoms with Gasteiger partial charge in [-0.25, -0.2) is 8.42 Å². The van der Waals surface area contributed by atoms with Gasteiger partial charge < -0.3 is 9.74 Å². The maximum atomic E-state index is 13.0. The van der Waals surface area contributed by atoms with Gasteiger partial charge in [-0.15, -0.1) is 0 Å². The van der Waals surface area contributed by atoms with Crippen LogP contribution < -0.4 is 5.32 Å². The van der Waals surface area contributed by atoms with E-state index in [1.165, 1.54) is 0 Å². The van der Waals surface area contributed by atoms with Crippen LogP contribution in [0.5, 0.6) is 0 Å². The van der Waals surface area contributed by atoms with Crippen LogP contribution in [0.1, 0.15) is 33.6 Å². The number of nitrogens with zero attached hydrogens (tertiary/aromatic N) is 1. The van der Waals surface area contributed by atoms with Crippen molar-refractivity contribution in [3.63, 3.8) is 0 Å². The summed E-state index contributed by atoms with van der Waals surface area (Å²) >= 11 is 0. The van der Waals surface area contributed by atoms with Crippen LogP contribution in [0.15, 0.2) is 35.2 Å². The van der Waals surface area contributed by atoms with Crippen molar-refractivity contribution < 1.29 is 12.8 Å². The van der Waals surface area contributed by atoms with Crippen molar-refractivity contribution in [3.05, 3.63) is 30.3 Å². The van der Waals surface area contributed by atoms with Gasteiger partial charge in [0.25, 0.3) is 0 Å². The van der Waals surface area contributed by atoms with Crippen LogP contribution in [-0.4, -0.2) is 53.3 Å². The zero-order chi connectivity index (χ0) is 19.4. The zero-order valence-electron chi connectivity index (χ0n) is 16.8. The summed E-state index contributed by atoms with van der Waals surface area (Å²) in [6, 6.07) is 8.72. The molecule has 0 amide bonds. The Balaban J connectivity index is 1.97. The fourth-order valence-corrected chi connectivity index (χ4v) is 5.66. The molecule has 1 saturated heterocycles. The third-order valence-corrected chi connectivity index (χ3v) is 12.1. The van der Waals surface area contributed by atoms with E-state index >= 15 is 0 Å². The van der Waals surface area contributed by atoms with Gasteiger partial charge in [0.2, 0.25) is 10.0 Å². The summed E-state index contributed by atoms with van der Waals surface area (Å²) in [6.45, 7) is 13.8. The van der Waals surface area contributed by atoms with Crippen molar-refractivity contribution in [2.45, 2.75) is 62.7 Å². The third kappa shape index (κ3) is 5.16. The van der Waals surface area contributed by atoms with Gasteiger partial charge in [0.05, 0.1) is 4.90 Å². The van der Waals surface area contributed by atoms with Crippen LogP contribution in [-0.2, 0) is 14.4 Å². The molecule has 148 valence electrons. The Morgan fingerprint density at radius 2 is 1.88 bits per heavy atom. The van der Waals surface area contributed by atoms with Crippen LogP contribution >= 0.6 is 0 Å². The van der Waals surface area contributed by atoms with Crippen LogP contribution in [0.4, 0.5) is 0 Å². The van der Waals surface area contributed by atoms with E-state index in [1.54, 1.807) is 28.6 Å². The van der Waals surface area contributed by atoms with E-state index in [1.807, 2.05) is 6.07 Å².